The zero-order valence-corrected chi connectivity index (χ0v) is 12.9. The van der Waals surface area contributed by atoms with E-state index < -0.39 is 5.97 Å². The molecule has 122 valence electrons. The molecule has 0 unspecified atom stereocenters. The van der Waals surface area contributed by atoms with Gasteiger partial charge in [0.15, 0.2) is 0 Å². The second-order valence-corrected chi connectivity index (χ2v) is 4.32. The molecule has 0 aliphatic carbocycles. The van der Waals surface area contributed by atoms with Gasteiger partial charge >= 0.3 is 5.97 Å². The molecule has 23 heavy (non-hydrogen) atoms. The van der Waals surface area contributed by atoms with Gasteiger partial charge < -0.3 is 5.11 Å². The Labute approximate surface area is 143 Å². The van der Waals surface area contributed by atoms with E-state index in [4.69, 9.17) is 5.11 Å². The van der Waals surface area contributed by atoms with Gasteiger partial charge in [-0.2, -0.15) is 0 Å². The van der Waals surface area contributed by atoms with Crippen LogP contribution < -0.4 is 0 Å². The normalized spacial score (nSPS) is 7.87. The van der Waals surface area contributed by atoms with Crippen molar-refractivity contribution < 1.29 is 9.90 Å². The maximum atomic E-state index is 9.60. The van der Waals surface area contributed by atoms with Crippen LogP contribution in [0, 0.1) is 0 Å². The Bertz CT molecular complexity index is 534. The van der Waals surface area contributed by atoms with Gasteiger partial charge in [-0.25, -0.2) is 4.79 Å². The van der Waals surface area contributed by atoms with Gasteiger partial charge in [-0.1, -0.05) is 92.6 Å². The Morgan fingerprint density at radius 2 is 1.13 bits per heavy atom. The minimum atomic E-state index is -0.935. The lowest BCUT2D eigenvalue weighted by atomic mass is 10.2. The lowest BCUT2D eigenvalue weighted by Gasteiger charge is -1.85. The highest BCUT2D eigenvalue weighted by atomic mass is 28.1. The molecule has 0 aromatic heterocycles. The van der Waals surface area contributed by atoms with E-state index in [2.05, 4.69) is 19.7 Å². The monoisotopic (exact) mass is 326 g/mol. The predicted molar refractivity (Wildman–Crippen MR) is 107 cm³/mol. The quantitative estimate of drug-likeness (QED) is 0.687. The minimum Gasteiger partial charge on any atom is -0.478 e. The van der Waals surface area contributed by atoms with Crippen LogP contribution in [0.2, 0.25) is 0 Å². The molecule has 3 heteroatoms. The van der Waals surface area contributed by atoms with Crippen LogP contribution in [0.15, 0.2) is 86.0 Å². The van der Waals surface area contributed by atoms with E-state index in [0.29, 0.717) is 0 Å². The maximum Gasteiger partial charge on any atom is 0.330 e. The largest absolute Gasteiger partial charge is 0.478 e. The van der Waals surface area contributed by atoms with Gasteiger partial charge in [-0.05, 0) is 29.0 Å². The number of carbonyl (C=O) groups is 1. The van der Waals surface area contributed by atoms with Crippen LogP contribution in [0.3, 0.4) is 0 Å². The van der Waals surface area contributed by atoms with Crippen molar-refractivity contribution in [1.29, 1.82) is 0 Å². The molecule has 0 aliphatic heterocycles. The Hall–Kier alpha value is -2.65. The third-order valence-corrected chi connectivity index (χ3v) is 2.44. The van der Waals surface area contributed by atoms with Crippen molar-refractivity contribution in [2.75, 3.05) is 0 Å². The van der Waals surface area contributed by atoms with Crippen LogP contribution >= 0.6 is 0 Å². The van der Waals surface area contributed by atoms with Crippen molar-refractivity contribution in [3.05, 3.63) is 97.1 Å². The average Bonchev–Trinajstić information content (AvgIpc) is 2.57. The van der Waals surface area contributed by atoms with Gasteiger partial charge in [0.1, 0.15) is 0 Å². The molecular formula is C20H26O2Si. The van der Waals surface area contributed by atoms with Crippen LogP contribution in [-0.4, -0.2) is 22.0 Å². The molecule has 0 heterocycles. The number of aliphatic carboxylic acids is 1. The molecular weight excluding hydrogens is 300 g/mol. The molecule has 2 aromatic rings. The highest BCUT2D eigenvalue weighted by Crippen LogP contribution is 1.98. The van der Waals surface area contributed by atoms with Gasteiger partial charge in [0.25, 0.3) is 0 Å². The molecule has 2 rings (SSSR count). The van der Waals surface area contributed by atoms with E-state index in [0.717, 1.165) is 0 Å². The number of rotatable bonds is 3. The summed E-state index contributed by atoms with van der Waals surface area (Å²) in [6, 6.07) is 20.1. The summed E-state index contributed by atoms with van der Waals surface area (Å²) >= 11 is 0. The van der Waals surface area contributed by atoms with Crippen LogP contribution in [0.4, 0.5) is 0 Å². The molecule has 0 atom stereocenters. The number of carboxylic acids is 1. The third kappa shape index (κ3) is 12.8. The van der Waals surface area contributed by atoms with Gasteiger partial charge in [0.05, 0.1) is 0 Å². The minimum absolute atomic E-state index is 0. The zero-order valence-electron chi connectivity index (χ0n) is 12.9. The summed E-state index contributed by atoms with van der Waals surface area (Å²) in [5.41, 5.74) is 2.52. The van der Waals surface area contributed by atoms with Crippen molar-refractivity contribution in [3.8, 4) is 0 Å². The number of hydrogen-bond donors (Lipinski definition) is 1. The van der Waals surface area contributed by atoms with E-state index in [9.17, 15) is 4.79 Å². The Kier molecular flexibility index (Phi) is 14.1. The second-order valence-electron chi connectivity index (χ2n) is 4.32. The van der Waals surface area contributed by atoms with Gasteiger partial charge in [-0.15, -0.1) is 0 Å². The average molecular weight is 327 g/mol. The maximum absolute atomic E-state index is 9.60. The molecule has 0 radical (unpaired) electrons. The Balaban J connectivity index is 0. The lowest BCUT2D eigenvalue weighted by Crippen LogP contribution is -1.92. The van der Waals surface area contributed by atoms with E-state index in [1.165, 1.54) is 18.1 Å². The third-order valence-electron chi connectivity index (χ3n) is 2.44. The first-order valence-corrected chi connectivity index (χ1v) is 6.75. The highest BCUT2D eigenvalue weighted by Gasteiger charge is 1.90. The van der Waals surface area contributed by atoms with E-state index >= 15 is 0 Å². The summed E-state index contributed by atoms with van der Waals surface area (Å²) in [6.45, 7) is 11.9. The molecule has 0 saturated heterocycles. The molecule has 0 bridgehead atoms. The highest BCUT2D eigenvalue weighted by molar-refractivity contribution is 5.84. The molecule has 0 aliphatic rings. The zero-order chi connectivity index (χ0) is 16.8. The number of carboxylic acid groups (broad SMARTS) is 1. The fraction of sp³-hybridized carbons (Fsp3) is 0.0500. The second kappa shape index (κ2) is 14.3. The first-order valence-electron chi connectivity index (χ1n) is 6.75. The topological polar surface area (TPSA) is 37.3 Å². The van der Waals surface area contributed by atoms with Gasteiger partial charge in [-0.3, -0.25) is 0 Å². The standard InChI is InChI=1S/2C8H8.C4H6O2.H4Si/c2*1-2-8-6-4-3-5-7-8;1-3(2)4(5)6;/h2*2-7H,1H2;1H2,2H3,(H,5,6);1H4. The Morgan fingerprint density at radius 1 is 0.870 bits per heavy atom. The lowest BCUT2D eigenvalue weighted by molar-refractivity contribution is -0.132. The van der Waals surface area contributed by atoms with Crippen LogP contribution in [0.25, 0.3) is 12.2 Å². The van der Waals surface area contributed by atoms with Gasteiger partial charge in [0.2, 0.25) is 0 Å². The molecule has 0 saturated carbocycles. The molecule has 0 amide bonds. The predicted octanol–water partition coefficient (Wildman–Crippen LogP) is 3.85. The van der Waals surface area contributed by atoms with Crippen molar-refractivity contribution in [2.24, 2.45) is 0 Å². The molecule has 0 spiro atoms. The van der Waals surface area contributed by atoms with Crippen molar-refractivity contribution in [3.63, 3.8) is 0 Å². The van der Waals surface area contributed by atoms with Gasteiger partial charge in [0, 0.05) is 5.57 Å². The fourth-order valence-corrected chi connectivity index (χ4v) is 1.18. The van der Waals surface area contributed by atoms with Crippen LogP contribution in [0.5, 0.6) is 0 Å². The van der Waals surface area contributed by atoms with Crippen molar-refractivity contribution in [1.82, 2.24) is 0 Å². The van der Waals surface area contributed by atoms with Crippen LogP contribution in [0.1, 0.15) is 18.1 Å². The van der Waals surface area contributed by atoms with Crippen molar-refractivity contribution >= 4 is 29.1 Å². The summed E-state index contributed by atoms with van der Waals surface area (Å²) < 4.78 is 0. The first kappa shape index (κ1) is 22.6. The number of hydrogen-bond acceptors (Lipinski definition) is 1. The van der Waals surface area contributed by atoms with E-state index in [-0.39, 0.29) is 16.5 Å². The van der Waals surface area contributed by atoms with E-state index in [1.54, 1.807) is 0 Å². The smallest absolute Gasteiger partial charge is 0.330 e. The summed E-state index contributed by atoms with van der Waals surface area (Å²) in [7, 11) is 0. The fourth-order valence-electron chi connectivity index (χ4n) is 1.18. The summed E-state index contributed by atoms with van der Waals surface area (Å²) in [5, 5.41) is 7.89. The summed E-state index contributed by atoms with van der Waals surface area (Å²) in [4.78, 5) is 9.60. The molecule has 0 fully saturated rings. The molecule has 2 aromatic carbocycles. The van der Waals surface area contributed by atoms with Crippen LogP contribution in [-0.2, 0) is 4.79 Å². The van der Waals surface area contributed by atoms with E-state index in [1.807, 2.05) is 72.8 Å². The Morgan fingerprint density at radius 3 is 1.26 bits per heavy atom. The molecule has 2 nitrogen and oxygen atoms in total. The molecule has 1 N–H and O–H groups in total. The first-order chi connectivity index (χ1) is 10.5. The van der Waals surface area contributed by atoms with Crippen molar-refractivity contribution in [2.45, 2.75) is 6.92 Å². The SMILES string of the molecule is C=C(C)C(=O)O.C=Cc1ccccc1.C=Cc1ccccc1.[SiH4]. The summed E-state index contributed by atoms with van der Waals surface area (Å²) in [6.07, 6.45) is 3.67. The summed E-state index contributed by atoms with van der Waals surface area (Å²) in [5.74, 6) is -0.935. The number of benzene rings is 2.